The number of rotatable bonds is 2. The first-order valence-corrected chi connectivity index (χ1v) is 4.16. The summed E-state index contributed by atoms with van der Waals surface area (Å²) in [5.74, 6) is -0.560. The summed E-state index contributed by atoms with van der Waals surface area (Å²) in [6.45, 7) is 3.72. The SMILES string of the molecule is CCOC(=O)C1(C)C=CC(=O)N1C. The number of ether oxygens (including phenoxy) is 1. The Morgan fingerprint density at radius 1 is 1.69 bits per heavy atom. The number of hydrogen-bond donors (Lipinski definition) is 0. The second-order valence-electron chi connectivity index (χ2n) is 3.10. The summed E-state index contributed by atoms with van der Waals surface area (Å²) in [4.78, 5) is 24.0. The maximum Gasteiger partial charge on any atom is 0.335 e. The van der Waals surface area contributed by atoms with Crippen LogP contribution < -0.4 is 0 Å². The van der Waals surface area contributed by atoms with Gasteiger partial charge in [0.2, 0.25) is 5.91 Å². The molecule has 1 amide bonds. The van der Waals surface area contributed by atoms with Gasteiger partial charge < -0.3 is 9.64 Å². The number of hydrogen-bond acceptors (Lipinski definition) is 3. The van der Waals surface area contributed by atoms with Gasteiger partial charge in [-0.3, -0.25) is 4.79 Å². The smallest absolute Gasteiger partial charge is 0.335 e. The van der Waals surface area contributed by atoms with Gasteiger partial charge in [-0.25, -0.2) is 4.79 Å². The third kappa shape index (κ3) is 1.43. The van der Waals surface area contributed by atoms with E-state index in [1.54, 1.807) is 27.0 Å². The molecule has 1 aliphatic rings. The minimum atomic E-state index is -0.924. The molecule has 0 fully saturated rings. The van der Waals surface area contributed by atoms with Gasteiger partial charge in [-0.2, -0.15) is 0 Å². The van der Waals surface area contributed by atoms with Crippen molar-refractivity contribution in [2.24, 2.45) is 0 Å². The number of likely N-dealkylation sites (N-methyl/N-ethyl adjacent to an activating group) is 1. The molecule has 4 nitrogen and oxygen atoms in total. The number of esters is 1. The minimum Gasteiger partial charge on any atom is -0.464 e. The highest BCUT2D eigenvalue weighted by Gasteiger charge is 2.42. The molecule has 1 heterocycles. The topological polar surface area (TPSA) is 46.6 Å². The Morgan fingerprint density at radius 3 is 2.69 bits per heavy atom. The van der Waals surface area contributed by atoms with E-state index in [1.165, 1.54) is 11.0 Å². The third-order valence-corrected chi connectivity index (χ3v) is 2.27. The van der Waals surface area contributed by atoms with E-state index in [9.17, 15) is 9.59 Å². The van der Waals surface area contributed by atoms with Crippen LogP contribution in [0.2, 0.25) is 0 Å². The van der Waals surface area contributed by atoms with Gasteiger partial charge in [0.1, 0.15) is 0 Å². The summed E-state index contributed by atoms with van der Waals surface area (Å²) >= 11 is 0. The maximum absolute atomic E-state index is 11.5. The van der Waals surface area contributed by atoms with Crippen molar-refractivity contribution < 1.29 is 14.3 Å². The van der Waals surface area contributed by atoms with Crippen molar-refractivity contribution in [3.8, 4) is 0 Å². The summed E-state index contributed by atoms with van der Waals surface area (Å²) in [5, 5.41) is 0. The predicted octanol–water partition coefficient (Wildman–Crippen LogP) is 0.336. The zero-order valence-electron chi connectivity index (χ0n) is 8.03. The van der Waals surface area contributed by atoms with E-state index in [1.807, 2.05) is 0 Å². The zero-order valence-corrected chi connectivity index (χ0v) is 8.03. The lowest BCUT2D eigenvalue weighted by Gasteiger charge is -2.28. The van der Waals surface area contributed by atoms with Gasteiger partial charge >= 0.3 is 5.97 Å². The van der Waals surface area contributed by atoms with Gasteiger partial charge in [-0.05, 0) is 19.9 Å². The molecule has 0 saturated carbocycles. The van der Waals surface area contributed by atoms with Crippen LogP contribution in [-0.2, 0) is 14.3 Å². The monoisotopic (exact) mass is 183 g/mol. The first-order valence-electron chi connectivity index (χ1n) is 4.16. The Hall–Kier alpha value is -1.32. The summed E-state index contributed by atoms with van der Waals surface area (Å²) in [7, 11) is 1.58. The van der Waals surface area contributed by atoms with Gasteiger partial charge in [0, 0.05) is 13.1 Å². The van der Waals surface area contributed by atoms with E-state index in [2.05, 4.69) is 0 Å². The molecule has 0 radical (unpaired) electrons. The minimum absolute atomic E-state index is 0.171. The predicted molar refractivity (Wildman–Crippen MR) is 46.9 cm³/mol. The molecule has 0 bridgehead atoms. The van der Waals surface area contributed by atoms with E-state index in [4.69, 9.17) is 4.74 Å². The summed E-state index contributed by atoms with van der Waals surface area (Å²) in [6.07, 6.45) is 2.95. The molecule has 1 unspecified atom stereocenters. The van der Waals surface area contributed by atoms with E-state index in [-0.39, 0.29) is 11.9 Å². The average Bonchev–Trinajstić information content (AvgIpc) is 2.35. The molecule has 72 valence electrons. The molecule has 0 saturated heterocycles. The molecule has 0 aromatic carbocycles. The highest BCUT2D eigenvalue weighted by molar-refractivity contribution is 5.99. The van der Waals surface area contributed by atoms with Crippen molar-refractivity contribution in [3.05, 3.63) is 12.2 Å². The molecule has 0 spiro atoms. The highest BCUT2D eigenvalue weighted by atomic mass is 16.5. The second kappa shape index (κ2) is 3.20. The van der Waals surface area contributed by atoms with Crippen molar-refractivity contribution in [1.82, 2.24) is 4.90 Å². The number of nitrogens with zero attached hydrogens (tertiary/aromatic N) is 1. The Kier molecular flexibility index (Phi) is 2.40. The van der Waals surface area contributed by atoms with Crippen LogP contribution in [-0.4, -0.2) is 36.0 Å². The summed E-state index contributed by atoms with van der Waals surface area (Å²) < 4.78 is 4.86. The second-order valence-corrected chi connectivity index (χ2v) is 3.10. The highest BCUT2D eigenvalue weighted by Crippen LogP contribution is 2.23. The lowest BCUT2D eigenvalue weighted by atomic mass is 10.0. The standard InChI is InChI=1S/C9H13NO3/c1-4-13-8(12)9(2)6-5-7(11)10(9)3/h5-6H,4H2,1-3H3. The molecule has 1 atom stereocenters. The van der Waals surface area contributed by atoms with Crippen LogP contribution in [0, 0.1) is 0 Å². The van der Waals surface area contributed by atoms with Crippen LogP contribution >= 0.6 is 0 Å². The average molecular weight is 183 g/mol. The fourth-order valence-corrected chi connectivity index (χ4v) is 1.17. The lowest BCUT2D eigenvalue weighted by Crippen LogP contribution is -2.48. The molecule has 0 N–H and O–H groups in total. The van der Waals surface area contributed by atoms with Gasteiger partial charge in [-0.1, -0.05) is 0 Å². The van der Waals surface area contributed by atoms with Crippen molar-refractivity contribution >= 4 is 11.9 Å². The molecule has 1 aliphatic heterocycles. The van der Waals surface area contributed by atoms with Gasteiger partial charge in [0.15, 0.2) is 5.54 Å². The normalized spacial score (nSPS) is 26.7. The molecular formula is C9H13NO3. The molecule has 13 heavy (non-hydrogen) atoms. The number of carbonyl (C=O) groups excluding carboxylic acids is 2. The molecule has 0 aliphatic carbocycles. The maximum atomic E-state index is 11.5. The largest absolute Gasteiger partial charge is 0.464 e. The van der Waals surface area contributed by atoms with Crippen LogP contribution in [0.25, 0.3) is 0 Å². The lowest BCUT2D eigenvalue weighted by molar-refractivity contribution is -0.155. The summed E-state index contributed by atoms with van der Waals surface area (Å²) in [5.41, 5.74) is -0.924. The van der Waals surface area contributed by atoms with E-state index in [0.717, 1.165) is 0 Å². The van der Waals surface area contributed by atoms with E-state index < -0.39 is 5.54 Å². The molecule has 0 aromatic rings. The van der Waals surface area contributed by atoms with Crippen LogP contribution in [0.5, 0.6) is 0 Å². The van der Waals surface area contributed by atoms with Gasteiger partial charge in [-0.15, -0.1) is 0 Å². The van der Waals surface area contributed by atoms with Crippen LogP contribution in [0.15, 0.2) is 12.2 Å². The van der Waals surface area contributed by atoms with Gasteiger partial charge in [0.25, 0.3) is 0 Å². The molecule has 4 heteroatoms. The van der Waals surface area contributed by atoms with Crippen molar-refractivity contribution in [1.29, 1.82) is 0 Å². The molecular weight excluding hydrogens is 170 g/mol. The third-order valence-electron chi connectivity index (χ3n) is 2.27. The first-order chi connectivity index (χ1) is 6.02. The van der Waals surface area contributed by atoms with Crippen LogP contribution in [0.3, 0.4) is 0 Å². The Morgan fingerprint density at radius 2 is 2.31 bits per heavy atom. The Bertz CT molecular complexity index is 272. The fourth-order valence-electron chi connectivity index (χ4n) is 1.17. The van der Waals surface area contributed by atoms with E-state index >= 15 is 0 Å². The van der Waals surface area contributed by atoms with Crippen molar-refractivity contribution in [3.63, 3.8) is 0 Å². The summed E-state index contributed by atoms with van der Waals surface area (Å²) in [6, 6.07) is 0. The molecule has 1 rings (SSSR count). The van der Waals surface area contributed by atoms with Crippen LogP contribution in [0.4, 0.5) is 0 Å². The van der Waals surface area contributed by atoms with Gasteiger partial charge in [0.05, 0.1) is 6.61 Å². The van der Waals surface area contributed by atoms with Crippen molar-refractivity contribution in [2.75, 3.05) is 13.7 Å². The number of carbonyl (C=O) groups is 2. The zero-order chi connectivity index (χ0) is 10.1. The Balaban J connectivity index is 2.83. The van der Waals surface area contributed by atoms with Crippen LogP contribution in [0.1, 0.15) is 13.8 Å². The Labute approximate surface area is 77.2 Å². The quantitative estimate of drug-likeness (QED) is 0.580. The van der Waals surface area contributed by atoms with E-state index in [0.29, 0.717) is 6.61 Å². The number of amides is 1. The van der Waals surface area contributed by atoms with Crippen molar-refractivity contribution in [2.45, 2.75) is 19.4 Å². The molecule has 0 aromatic heterocycles. The first kappa shape index (κ1) is 9.77. The fraction of sp³-hybridized carbons (Fsp3) is 0.556.